The Morgan fingerprint density at radius 2 is 1.72 bits per heavy atom. The van der Waals surface area contributed by atoms with Crippen molar-refractivity contribution in [1.82, 2.24) is 20.4 Å². The first-order chi connectivity index (χ1) is 12.1. The van der Waals surface area contributed by atoms with Crippen LogP contribution >= 0.6 is 0 Å². The summed E-state index contributed by atoms with van der Waals surface area (Å²) >= 11 is 0. The minimum atomic E-state index is -0.512. The highest BCUT2D eigenvalue weighted by Crippen LogP contribution is 2.13. The Bertz CT molecular complexity index is 622. The predicted octanol–water partition coefficient (Wildman–Crippen LogP) is 0.841. The molecular formula is C18H24N4O3. The zero-order chi connectivity index (χ0) is 17.6. The number of hydrogen-bond acceptors (Lipinski definition) is 4. The molecule has 3 rings (SSSR count). The molecule has 2 N–H and O–H groups in total. The van der Waals surface area contributed by atoms with Crippen molar-refractivity contribution in [3.05, 3.63) is 35.4 Å². The first kappa shape index (κ1) is 17.4. The van der Waals surface area contributed by atoms with Crippen molar-refractivity contribution in [3.63, 3.8) is 0 Å². The van der Waals surface area contributed by atoms with Gasteiger partial charge in [-0.1, -0.05) is 30.7 Å². The predicted molar refractivity (Wildman–Crippen MR) is 92.5 cm³/mol. The Balaban J connectivity index is 1.44. The molecule has 7 nitrogen and oxygen atoms in total. The highest BCUT2D eigenvalue weighted by atomic mass is 16.2. The lowest BCUT2D eigenvalue weighted by molar-refractivity contribution is -0.130. The van der Waals surface area contributed by atoms with Crippen LogP contribution < -0.4 is 10.6 Å². The van der Waals surface area contributed by atoms with Crippen LogP contribution in [-0.4, -0.2) is 53.8 Å². The average Bonchev–Trinajstić information content (AvgIpc) is 2.94. The Morgan fingerprint density at radius 3 is 2.36 bits per heavy atom. The van der Waals surface area contributed by atoms with Crippen LogP contribution in [0, 0.1) is 0 Å². The summed E-state index contributed by atoms with van der Waals surface area (Å²) in [5.41, 5.74) is 2.27. The summed E-state index contributed by atoms with van der Waals surface area (Å²) in [6, 6.07) is 7.68. The average molecular weight is 344 g/mol. The Kier molecular flexibility index (Phi) is 5.65. The van der Waals surface area contributed by atoms with Gasteiger partial charge >= 0.3 is 6.03 Å². The number of benzene rings is 1. The van der Waals surface area contributed by atoms with E-state index in [4.69, 9.17) is 0 Å². The second-order valence-corrected chi connectivity index (χ2v) is 6.57. The molecule has 1 aromatic carbocycles. The third-order valence-electron chi connectivity index (χ3n) is 4.61. The van der Waals surface area contributed by atoms with Gasteiger partial charge in [-0.05, 0) is 37.1 Å². The topological polar surface area (TPSA) is 81.8 Å². The summed E-state index contributed by atoms with van der Waals surface area (Å²) < 4.78 is 0. The molecule has 0 spiro atoms. The molecule has 0 saturated carbocycles. The van der Waals surface area contributed by atoms with Gasteiger partial charge < -0.3 is 10.6 Å². The minimum absolute atomic E-state index is 0.0371. The summed E-state index contributed by atoms with van der Waals surface area (Å²) in [6.45, 7) is 3.41. The van der Waals surface area contributed by atoms with Gasteiger partial charge in [0, 0.05) is 13.1 Å². The second-order valence-electron chi connectivity index (χ2n) is 6.57. The van der Waals surface area contributed by atoms with Crippen molar-refractivity contribution < 1.29 is 14.4 Å². The van der Waals surface area contributed by atoms with E-state index in [2.05, 4.69) is 27.7 Å². The Hall–Kier alpha value is -2.41. The molecule has 0 aliphatic carbocycles. The van der Waals surface area contributed by atoms with Crippen LogP contribution in [-0.2, 0) is 22.7 Å². The fourth-order valence-electron chi connectivity index (χ4n) is 3.15. The molecule has 1 aromatic rings. The molecule has 2 heterocycles. The van der Waals surface area contributed by atoms with E-state index in [0.717, 1.165) is 17.0 Å². The largest absolute Gasteiger partial charge is 0.350 e. The Labute approximate surface area is 147 Å². The van der Waals surface area contributed by atoms with Gasteiger partial charge in [-0.3, -0.25) is 19.4 Å². The van der Waals surface area contributed by atoms with E-state index in [1.54, 1.807) is 0 Å². The third-order valence-corrected chi connectivity index (χ3v) is 4.61. The van der Waals surface area contributed by atoms with Gasteiger partial charge in [0.1, 0.15) is 6.54 Å². The maximum atomic E-state index is 11.9. The zero-order valence-corrected chi connectivity index (χ0v) is 14.3. The van der Waals surface area contributed by atoms with Gasteiger partial charge in [-0.25, -0.2) is 4.79 Å². The number of hydrogen-bond donors (Lipinski definition) is 2. The molecular weight excluding hydrogens is 320 g/mol. The lowest BCUT2D eigenvalue weighted by Crippen LogP contribution is -2.40. The standard InChI is InChI=1S/C18H24N4O3/c23-16(13-22-17(24)11-20-18(22)25)19-10-14-4-6-15(7-5-14)12-21-8-2-1-3-9-21/h4-7H,1-3,8-13H2,(H,19,23)(H,20,25). The summed E-state index contributed by atoms with van der Waals surface area (Å²) in [5.74, 6) is -0.718. The number of nitrogens with zero attached hydrogens (tertiary/aromatic N) is 2. The summed E-state index contributed by atoms with van der Waals surface area (Å²) in [7, 11) is 0. The molecule has 0 radical (unpaired) electrons. The third kappa shape index (κ3) is 4.79. The monoisotopic (exact) mass is 344 g/mol. The fraction of sp³-hybridized carbons (Fsp3) is 0.500. The fourth-order valence-corrected chi connectivity index (χ4v) is 3.15. The van der Waals surface area contributed by atoms with Gasteiger partial charge in [0.05, 0.1) is 6.54 Å². The first-order valence-electron chi connectivity index (χ1n) is 8.77. The molecule has 134 valence electrons. The van der Waals surface area contributed by atoms with Gasteiger partial charge in [-0.15, -0.1) is 0 Å². The number of amides is 4. The van der Waals surface area contributed by atoms with Crippen molar-refractivity contribution in [2.24, 2.45) is 0 Å². The van der Waals surface area contributed by atoms with E-state index < -0.39 is 6.03 Å². The number of piperidine rings is 1. The molecule has 0 atom stereocenters. The van der Waals surface area contributed by atoms with Crippen molar-refractivity contribution in [3.8, 4) is 0 Å². The smallest absolute Gasteiger partial charge is 0.325 e. The lowest BCUT2D eigenvalue weighted by atomic mass is 10.1. The summed E-state index contributed by atoms with van der Waals surface area (Å²) in [4.78, 5) is 38.2. The zero-order valence-electron chi connectivity index (χ0n) is 14.3. The second kappa shape index (κ2) is 8.11. The van der Waals surface area contributed by atoms with Crippen molar-refractivity contribution in [2.45, 2.75) is 32.4 Å². The number of nitrogens with one attached hydrogen (secondary N) is 2. The lowest BCUT2D eigenvalue weighted by Gasteiger charge is -2.26. The number of rotatable bonds is 6. The van der Waals surface area contributed by atoms with E-state index in [1.807, 2.05) is 12.1 Å². The molecule has 0 unspecified atom stereocenters. The van der Waals surface area contributed by atoms with Gasteiger partial charge in [-0.2, -0.15) is 0 Å². The molecule has 2 fully saturated rings. The molecule has 0 aromatic heterocycles. The van der Waals surface area contributed by atoms with Crippen LogP contribution in [0.15, 0.2) is 24.3 Å². The molecule has 4 amide bonds. The van der Waals surface area contributed by atoms with Crippen LogP contribution in [0.25, 0.3) is 0 Å². The van der Waals surface area contributed by atoms with Crippen LogP contribution in [0.2, 0.25) is 0 Å². The number of carbonyl (C=O) groups excluding carboxylic acids is 3. The first-order valence-corrected chi connectivity index (χ1v) is 8.77. The van der Waals surface area contributed by atoms with Crippen LogP contribution in [0.1, 0.15) is 30.4 Å². The van der Waals surface area contributed by atoms with E-state index in [9.17, 15) is 14.4 Å². The van der Waals surface area contributed by atoms with Crippen LogP contribution in [0.4, 0.5) is 4.79 Å². The van der Waals surface area contributed by atoms with Crippen LogP contribution in [0.5, 0.6) is 0 Å². The molecule has 7 heteroatoms. The summed E-state index contributed by atoms with van der Waals surface area (Å²) in [5, 5.41) is 5.14. The highest BCUT2D eigenvalue weighted by molar-refractivity contribution is 6.04. The maximum absolute atomic E-state index is 11.9. The number of imide groups is 1. The van der Waals surface area contributed by atoms with Crippen molar-refractivity contribution in [1.29, 1.82) is 0 Å². The van der Waals surface area contributed by atoms with Gasteiger partial charge in [0.15, 0.2) is 0 Å². The van der Waals surface area contributed by atoms with Gasteiger partial charge in [0.25, 0.3) is 5.91 Å². The molecule has 0 bridgehead atoms. The highest BCUT2D eigenvalue weighted by Gasteiger charge is 2.29. The van der Waals surface area contributed by atoms with E-state index in [0.29, 0.717) is 6.54 Å². The number of carbonyl (C=O) groups is 3. The van der Waals surface area contributed by atoms with Crippen molar-refractivity contribution >= 4 is 17.8 Å². The van der Waals surface area contributed by atoms with Gasteiger partial charge in [0.2, 0.25) is 5.91 Å². The maximum Gasteiger partial charge on any atom is 0.325 e. The van der Waals surface area contributed by atoms with Crippen LogP contribution in [0.3, 0.4) is 0 Å². The quantitative estimate of drug-likeness (QED) is 0.750. The number of urea groups is 1. The van der Waals surface area contributed by atoms with Crippen molar-refractivity contribution in [2.75, 3.05) is 26.2 Å². The SMILES string of the molecule is O=C(CN1C(=O)CNC1=O)NCc1ccc(CN2CCCCC2)cc1. The molecule has 2 aliphatic rings. The summed E-state index contributed by atoms with van der Waals surface area (Å²) in [6.07, 6.45) is 3.89. The molecule has 2 aliphatic heterocycles. The van der Waals surface area contributed by atoms with E-state index in [1.165, 1.54) is 37.9 Å². The Morgan fingerprint density at radius 1 is 1.04 bits per heavy atom. The molecule has 25 heavy (non-hydrogen) atoms. The van der Waals surface area contributed by atoms with E-state index in [-0.39, 0.29) is 24.9 Å². The minimum Gasteiger partial charge on any atom is -0.350 e. The van der Waals surface area contributed by atoms with E-state index >= 15 is 0 Å². The number of likely N-dealkylation sites (tertiary alicyclic amines) is 1. The molecule has 2 saturated heterocycles. The normalized spacial score (nSPS) is 18.3.